The number of rotatable bonds is 8. The molecular formula is C21H17N3O7S3. The maximum atomic E-state index is 13.0. The molecule has 0 bridgehead atoms. The van der Waals surface area contributed by atoms with Crippen molar-refractivity contribution in [2.75, 3.05) is 16.6 Å². The molecule has 1 heterocycles. The Balaban J connectivity index is 1.69. The lowest BCUT2D eigenvalue weighted by Gasteiger charge is -2.14. The zero-order chi connectivity index (χ0) is 24.5. The Morgan fingerprint density at radius 2 is 1.47 bits per heavy atom. The second-order valence-corrected chi connectivity index (χ2v) is 11.6. The van der Waals surface area contributed by atoms with Gasteiger partial charge in [-0.2, -0.15) is 0 Å². The number of ether oxygens (including phenoxy) is 1. The van der Waals surface area contributed by atoms with Crippen LogP contribution in [0.25, 0.3) is 10.1 Å². The van der Waals surface area contributed by atoms with Gasteiger partial charge in [0.2, 0.25) is 0 Å². The van der Waals surface area contributed by atoms with E-state index in [0.717, 1.165) is 33.6 Å². The maximum Gasteiger partial charge on any atom is 0.293 e. The van der Waals surface area contributed by atoms with Crippen LogP contribution < -0.4 is 14.2 Å². The van der Waals surface area contributed by atoms with Gasteiger partial charge in [0.1, 0.15) is 9.96 Å². The van der Waals surface area contributed by atoms with E-state index in [9.17, 15) is 26.9 Å². The van der Waals surface area contributed by atoms with Gasteiger partial charge in [0.05, 0.1) is 29.5 Å². The summed E-state index contributed by atoms with van der Waals surface area (Å²) in [6, 6.07) is 17.8. The number of para-hydroxylation sites is 2. The van der Waals surface area contributed by atoms with Gasteiger partial charge in [-0.05, 0) is 41.8 Å². The molecule has 1 aromatic heterocycles. The van der Waals surface area contributed by atoms with Gasteiger partial charge in [-0.15, -0.1) is 11.3 Å². The van der Waals surface area contributed by atoms with Gasteiger partial charge in [-0.1, -0.05) is 30.3 Å². The van der Waals surface area contributed by atoms with E-state index in [1.807, 2.05) is 0 Å². The molecule has 0 spiro atoms. The van der Waals surface area contributed by atoms with Crippen molar-refractivity contribution in [1.29, 1.82) is 0 Å². The molecule has 0 saturated heterocycles. The predicted octanol–water partition coefficient (Wildman–Crippen LogP) is 4.42. The van der Waals surface area contributed by atoms with Crippen LogP contribution in [0.15, 0.2) is 81.9 Å². The molecule has 176 valence electrons. The number of anilines is 2. The third-order valence-corrected chi connectivity index (χ3v) is 9.10. The number of nitrogens with one attached hydrogen (secondary N) is 2. The molecule has 10 nitrogen and oxygen atoms in total. The Bertz CT molecular complexity index is 1580. The molecule has 13 heteroatoms. The van der Waals surface area contributed by atoms with E-state index < -0.39 is 35.6 Å². The topological polar surface area (TPSA) is 145 Å². The van der Waals surface area contributed by atoms with Crippen LogP contribution in [0.4, 0.5) is 17.1 Å². The molecular weight excluding hydrogens is 502 g/mol. The molecule has 0 atom stereocenters. The zero-order valence-electron chi connectivity index (χ0n) is 17.5. The molecule has 2 N–H and O–H groups in total. The molecule has 4 aromatic rings. The lowest BCUT2D eigenvalue weighted by molar-refractivity contribution is -0.387. The number of thiophene rings is 1. The van der Waals surface area contributed by atoms with E-state index in [1.165, 1.54) is 43.5 Å². The van der Waals surface area contributed by atoms with Gasteiger partial charge in [0, 0.05) is 4.70 Å². The molecule has 3 aromatic carbocycles. The van der Waals surface area contributed by atoms with Crippen molar-refractivity contribution in [3.63, 3.8) is 0 Å². The number of methoxy groups -OCH3 is 1. The molecule has 0 amide bonds. The van der Waals surface area contributed by atoms with Crippen LogP contribution in [0.3, 0.4) is 0 Å². The first-order chi connectivity index (χ1) is 16.1. The van der Waals surface area contributed by atoms with Crippen molar-refractivity contribution in [2.24, 2.45) is 0 Å². The first-order valence-corrected chi connectivity index (χ1v) is 13.3. The van der Waals surface area contributed by atoms with Gasteiger partial charge in [-0.3, -0.25) is 19.6 Å². The third-order valence-electron chi connectivity index (χ3n) is 4.74. The minimum Gasteiger partial charge on any atom is -0.497 e. The summed E-state index contributed by atoms with van der Waals surface area (Å²) < 4.78 is 62.4. The Labute approximate surface area is 199 Å². The molecule has 0 fully saturated rings. The largest absolute Gasteiger partial charge is 0.497 e. The number of nitrogens with zero attached hydrogens (tertiary/aromatic N) is 1. The van der Waals surface area contributed by atoms with Crippen LogP contribution in [-0.2, 0) is 20.0 Å². The fourth-order valence-corrected chi connectivity index (χ4v) is 6.85. The number of hydrogen-bond donors (Lipinski definition) is 2. The highest BCUT2D eigenvalue weighted by atomic mass is 32.2. The van der Waals surface area contributed by atoms with Crippen molar-refractivity contribution < 1.29 is 26.5 Å². The average Bonchev–Trinajstić information content (AvgIpc) is 3.25. The summed E-state index contributed by atoms with van der Waals surface area (Å²) in [4.78, 5) is 10.0. The summed E-state index contributed by atoms with van der Waals surface area (Å²) in [5.74, 6) is 0.113. The number of sulfonamides is 2. The molecule has 4 rings (SSSR count). The van der Waals surface area contributed by atoms with Crippen LogP contribution in [0.1, 0.15) is 0 Å². The zero-order valence-corrected chi connectivity index (χ0v) is 19.9. The monoisotopic (exact) mass is 519 g/mol. The van der Waals surface area contributed by atoms with Crippen LogP contribution >= 0.6 is 11.3 Å². The fourth-order valence-electron chi connectivity index (χ4n) is 3.14. The summed E-state index contributed by atoms with van der Waals surface area (Å²) in [6.45, 7) is 0. The van der Waals surface area contributed by atoms with Gasteiger partial charge in [0.25, 0.3) is 25.7 Å². The summed E-state index contributed by atoms with van der Waals surface area (Å²) in [5.41, 5.74) is -0.827. The fraction of sp³-hybridized carbons (Fsp3) is 0.0476. The second-order valence-electron chi connectivity index (χ2n) is 6.95. The highest BCUT2D eigenvalue weighted by Crippen LogP contribution is 2.34. The van der Waals surface area contributed by atoms with Gasteiger partial charge < -0.3 is 4.74 Å². The van der Waals surface area contributed by atoms with E-state index in [2.05, 4.69) is 9.44 Å². The molecule has 0 radical (unpaired) electrons. The van der Waals surface area contributed by atoms with E-state index >= 15 is 0 Å². The van der Waals surface area contributed by atoms with Crippen molar-refractivity contribution in [2.45, 2.75) is 9.10 Å². The number of nitro groups is 1. The van der Waals surface area contributed by atoms with Gasteiger partial charge in [0.15, 0.2) is 4.90 Å². The standard InChI is InChI=1S/C21H17N3O7S3/c1-31-15-10-11-20(18(13-15)24(25)26)33(27,28)22-16-7-3-4-8-17(16)23-34(29,30)21-12-14-6-2-5-9-19(14)32-21/h2-13,22-23H,1H3. The van der Waals surface area contributed by atoms with E-state index in [4.69, 9.17) is 4.74 Å². The number of fused-ring (bicyclic) bond motifs is 1. The van der Waals surface area contributed by atoms with E-state index in [-0.39, 0.29) is 21.3 Å². The second kappa shape index (κ2) is 8.93. The summed E-state index contributed by atoms with van der Waals surface area (Å²) in [6.07, 6.45) is 0. The summed E-state index contributed by atoms with van der Waals surface area (Å²) in [7, 11) is -7.20. The normalized spacial score (nSPS) is 11.8. The third kappa shape index (κ3) is 4.66. The number of nitro benzene ring substituents is 1. The van der Waals surface area contributed by atoms with E-state index in [1.54, 1.807) is 24.3 Å². The Morgan fingerprint density at radius 3 is 2.09 bits per heavy atom. The maximum absolute atomic E-state index is 13.0. The first kappa shape index (κ1) is 23.5. The number of hydrogen-bond acceptors (Lipinski definition) is 8. The molecule has 0 aliphatic carbocycles. The van der Waals surface area contributed by atoms with Gasteiger partial charge >= 0.3 is 0 Å². The number of benzene rings is 3. The summed E-state index contributed by atoms with van der Waals surface area (Å²) in [5, 5.41) is 12.2. The quantitative estimate of drug-likeness (QED) is 0.259. The van der Waals surface area contributed by atoms with Crippen molar-refractivity contribution in [3.8, 4) is 5.75 Å². The van der Waals surface area contributed by atoms with Crippen LogP contribution in [0, 0.1) is 10.1 Å². The average molecular weight is 520 g/mol. The molecule has 0 aliphatic rings. The minimum atomic E-state index is -4.46. The SMILES string of the molecule is COc1ccc(S(=O)(=O)Nc2ccccc2NS(=O)(=O)c2cc3ccccc3s2)c([N+](=O)[O-])c1. The van der Waals surface area contributed by atoms with E-state index in [0.29, 0.717) is 0 Å². The Hall–Kier alpha value is -3.68. The summed E-state index contributed by atoms with van der Waals surface area (Å²) >= 11 is 1.07. The minimum absolute atomic E-state index is 0.0419. The Kier molecular flexibility index (Phi) is 6.17. The molecule has 0 aliphatic heterocycles. The smallest absolute Gasteiger partial charge is 0.293 e. The predicted molar refractivity (Wildman–Crippen MR) is 130 cm³/mol. The van der Waals surface area contributed by atoms with Gasteiger partial charge in [-0.25, -0.2) is 16.8 Å². The lowest BCUT2D eigenvalue weighted by Crippen LogP contribution is -2.18. The lowest BCUT2D eigenvalue weighted by atomic mass is 10.3. The molecule has 0 saturated carbocycles. The van der Waals surface area contributed by atoms with Crippen molar-refractivity contribution in [1.82, 2.24) is 0 Å². The van der Waals surface area contributed by atoms with Crippen molar-refractivity contribution >= 4 is 58.5 Å². The highest BCUT2D eigenvalue weighted by Gasteiger charge is 2.28. The molecule has 34 heavy (non-hydrogen) atoms. The first-order valence-electron chi connectivity index (χ1n) is 9.56. The van der Waals surface area contributed by atoms with Crippen LogP contribution in [0.5, 0.6) is 5.75 Å². The van der Waals surface area contributed by atoms with Crippen molar-refractivity contribution in [3.05, 3.63) is 82.9 Å². The Morgan fingerprint density at radius 1 is 0.853 bits per heavy atom. The highest BCUT2D eigenvalue weighted by molar-refractivity contribution is 7.95. The van der Waals surface area contributed by atoms with Crippen LogP contribution in [0.2, 0.25) is 0 Å². The van der Waals surface area contributed by atoms with Crippen LogP contribution in [-0.4, -0.2) is 28.9 Å². The molecule has 0 unspecified atom stereocenters.